The number of hydrogen-bond acceptors (Lipinski definition) is 4. The Hall–Kier alpha value is -2.49. The van der Waals surface area contributed by atoms with E-state index in [2.05, 4.69) is 18.8 Å². The minimum atomic E-state index is -4.54. The van der Waals surface area contributed by atoms with E-state index in [-0.39, 0.29) is 5.75 Å². The van der Waals surface area contributed by atoms with E-state index in [1.54, 1.807) is 22.3 Å². The lowest BCUT2D eigenvalue weighted by Crippen LogP contribution is -2.43. The normalized spacial score (nSPS) is 11.5. The van der Waals surface area contributed by atoms with E-state index in [1.807, 2.05) is 29.6 Å². The molecule has 2 rings (SSSR count). The summed E-state index contributed by atoms with van der Waals surface area (Å²) in [7, 11) is 0. The number of hydrogen-bond donors (Lipinski definition) is 2. The lowest BCUT2D eigenvalue weighted by Gasteiger charge is -2.10. The van der Waals surface area contributed by atoms with Crippen LogP contribution in [0.2, 0.25) is 0 Å². The first-order valence-corrected chi connectivity index (χ1v) is 9.05. The van der Waals surface area contributed by atoms with Crippen molar-refractivity contribution in [3.63, 3.8) is 0 Å². The van der Waals surface area contributed by atoms with E-state index in [0.717, 1.165) is 17.4 Å². The van der Waals surface area contributed by atoms with Gasteiger partial charge in [-0.05, 0) is 23.6 Å². The molecule has 0 aliphatic carbocycles. The summed E-state index contributed by atoms with van der Waals surface area (Å²) in [4.78, 5) is 27.2. The number of nitrogens with zero attached hydrogens (tertiary/aromatic N) is 2. The highest BCUT2D eigenvalue weighted by Gasteiger charge is 2.28. The molecule has 0 atom stereocenters. The number of aromatic nitrogens is 2. The number of imide groups is 1. The van der Waals surface area contributed by atoms with Gasteiger partial charge in [-0.2, -0.15) is 13.2 Å². The molecule has 0 unspecified atom stereocenters. The molecule has 146 valence electrons. The van der Waals surface area contributed by atoms with Crippen molar-refractivity contribution >= 4 is 23.7 Å². The Morgan fingerprint density at radius 2 is 1.89 bits per heavy atom. The smallest absolute Gasteiger partial charge is 0.329 e. The minimum absolute atomic E-state index is 0.166. The highest BCUT2D eigenvalue weighted by molar-refractivity contribution is 7.99. The summed E-state index contributed by atoms with van der Waals surface area (Å²) in [6.45, 7) is 2.68. The van der Waals surface area contributed by atoms with Crippen molar-refractivity contribution < 1.29 is 22.8 Å². The average molecular weight is 400 g/mol. The number of thioether (sulfide) groups is 1. The lowest BCUT2D eigenvalue weighted by molar-refractivity contribution is -0.124. The van der Waals surface area contributed by atoms with Crippen LogP contribution in [0.15, 0.2) is 41.8 Å². The van der Waals surface area contributed by atoms with Gasteiger partial charge >= 0.3 is 12.2 Å². The summed E-state index contributed by atoms with van der Waals surface area (Å²) in [6, 6.07) is 6.70. The van der Waals surface area contributed by atoms with E-state index < -0.39 is 24.7 Å². The van der Waals surface area contributed by atoms with Crippen LogP contribution in [0.3, 0.4) is 0 Å². The number of urea groups is 1. The minimum Gasteiger partial charge on any atom is -0.329 e. The molecule has 2 aromatic rings. The summed E-state index contributed by atoms with van der Waals surface area (Å²) < 4.78 is 37.8. The topological polar surface area (TPSA) is 76.0 Å². The summed E-state index contributed by atoms with van der Waals surface area (Å²) in [6.07, 6.45) is -1.22. The largest absolute Gasteiger partial charge is 0.405 e. The molecule has 1 aromatic heterocycles. The fourth-order valence-corrected chi connectivity index (χ4v) is 2.90. The van der Waals surface area contributed by atoms with Gasteiger partial charge in [-0.15, -0.1) is 0 Å². The van der Waals surface area contributed by atoms with Crippen LogP contribution >= 0.6 is 11.8 Å². The van der Waals surface area contributed by atoms with Gasteiger partial charge < -0.3 is 5.32 Å². The molecule has 0 saturated carbocycles. The predicted molar refractivity (Wildman–Crippen MR) is 96.0 cm³/mol. The molecule has 0 fully saturated rings. The van der Waals surface area contributed by atoms with Gasteiger partial charge in [0, 0.05) is 18.1 Å². The Bertz CT molecular complexity index is 788. The van der Waals surface area contributed by atoms with Crippen LogP contribution < -0.4 is 10.6 Å². The second-order valence-electron chi connectivity index (χ2n) is 5.96. The van der Waals surface area contributed by atoms with E-state index in [0.29, 0.717) is 11.1 Å². The molecule has 3 amide bonds. The number of carbonyl (C=O) groups excluding carboxylic acids is 2. The first kappa shape index (κ1) is 20.8. The Morgan fingerprint density at radius 3 is 2.48 bits per heavy atom. The van der Waals surface area contributed by atoms with Crippen LogP contribution in [0, 0.1) is 0 Å². The molecule has 6 nitrogen and oxygen atoms in total. The molecule has 0 spiro atoms. The number of amides is 3. The van der Waals surface area contributed by atoms with Crippen LogP contribution in [0.1, 0.15) is 25.3 Å². The van der Waals surface area contributed by atoms with Crippen molar-refractivity contribution in [2.24, 2.45) is 0 Å². The quantitative estimate of drug-likeness (QED) is 0.728. The van der Waals surface area contributed by atoms with Crippen LogP contribution in [-0.4, -0.2) is 40.0 Å². The van der Waals surface area contributed by atoms with E-state index in [4.69, 9.17) is 0 Å². The van der Waals surface area contributed by atoms with Crippen molar-refractivity contribution in [3.05, 3.63) is 42.2 Å². The number of halogens is 3. The summed E-state index contributed by atoms with van der Waals surface area (Å²) >= 11 is 1.07. The molecule has 0 aliphatic rings. The van der Waals surface area contributed by atoms with Gasteiger partial charge in [0.15, 0.2) is 5.16 Å². The molecule has 1 heterocycles. The standard InChI is InChI=1S/C17H19F3N4O2S/c1-11(2)12-3-5-13(6-4-12)24-8-7-21-16(24)27-9-14(25)23-15(26)22-10-17(18,19)20/h3-8,11H,9-10H2,1-2H3,(H2,22,23,25,26). The molecule has 2 N–H and O–H groups in total. The molecule has 10 heteroatoms. The molecule has 0 saturated heterocycles. The molecular formula is C17H19F3N4O2S. The highest BCUT2D eigenvalue weighted by atomic mass is 32.2. The third-order valence-electron chi connectivity index (χ3n) is 3.48. The Morgan fingerprint density at radius 1 is 1.22 bits per heavy atom. The SMILES string of the molecule is CC(C)c1ccc(-n2ccnc2SCC(=O)NC(=O)NCC(F)(F)F)cc1. The zero-order valence-corrected chi connectivity index (χ0v) is 15.5. The average Bonchev–Trinajstić information content (AvgIpc) is 3.06. The predicted octanol–water partition coefficient (Wildman–Crippen LogP) is 3.48. The van der Waals surface area contributed by atoms with Crippen molar-refractivity contribution in [3.8, 4) is 5.69 Å². The first-order chi connectivity index (χ1) is 12.7. The van der Waals surface area contributed by atoms with Crippen molar-refractivity contribution in [1.82, 2.24) is 20.2 Å². The second-order valence-corrected chi connectivity index (χ2v) is 6.90. The third-order valence-corrected chi connectivity index (χ3v) is 4.45. The monoisotopic (exact) mass is 400 g/mol. The van der Waals surface area contributed by atoms with Gasteiger partial charge in [-0.25, -0.2) is 9.78 Å². The number of alkyl halides is 3. The Balaban J connectivity index is 1.91. The maximum Gasteiger partial charge on any atom is 0.405 e. The lowest BCUT2D eigenvalue weighted by atomic mass is 10.0. The van der Waals surface area contributed by atoms with E-state index >= 15 is 0 Å². The van der Waals surface area contributed by atoms with Gasteiger partial charge in [0.05, 0.1) is 5.75 Å². The van der Waals surface area contributed by atoms with E-state index in [1.165, 1.54) is 5.56 Å². The zero-order chi connectivity index (χ0) is 20.0. The van der Waals surface area contributed by atoms with Crippen LogP contribution in [0.5, 0.6) is 0 Å². The van der Waals surface area contributed by atoms with Crippen molar-refractivity contribution in [1.29, 1.82) is 0 Å². The number of rotatable bonds is 6. The molecule has 27 heavy (non-hydrogen) atoms. The number of carbonyl (C=O) groups is 2. The molecule has 0 radical (unpaired) electrons. The Kier molecular flexibility index (Phi) is 6.89. The van der Waals surface area contributed by atoms with Crippen LogP contribution in [0.25, 0.3) is 5.69 Å². The number of nitrogens with one attached hydrogen (secondary N) is 2. The van der Waals surface area contributed by atoms with Crippen LogP contribution in [-0.2, 0) is 4.79 Å². The second kappa shape index (κ2) is 8.94. The molecular weight excluding hydrogens is 381 g/mol. The van der Waals surface area contributed by atoms with Gasteiger partial charge in [-0.3, -0.25) is 14.7 Å². The van der Waals surface area contributed by atoms with Crippen molar-refractivity contribution in [2.75, 3.05) is 12.3 Å². The number of benzene rings is 1. The maximum absolute atomic E-state index is 12.0. The fraction of sp³-hybridized carbons (Fsp3) is 0.353. The summed E-state index contributed by atoms with van der Waals surface area (Å²) in [5.74, 6) is -0.479. The number of imidazole rings is 1. The van der Waals surface area contributed by atoms with E-state index in [9.17, 15) is 22.8 Å². The highest BCUT2D eigenvalue weighted by Crippen LogP contribution is 2.22. The fourth-order valence-electron chi connectivity index (χ4n) is 2.13. The Labute approximate surface area is 158 Å². The van der Waals surface area contributed by atoms with Gasteiger partial charge in [0.2, 0.25) is 5.91 Å². The first-order valence-electron chi connectivity index (χ1n) is 8.06. The third kappa shape index (κ3) is 6.63. The van der Waals surface area contributed by atoms with Gasteiger partial charge in [0.25, 0.3) is 0 Å². The summed E-state index contributed by atoms with van der Waals surface area (Å²) in [5, 5.41) is 3.95. The molecule has 0 aliphatic heterocycles. The maximum atomic E-state index is 12.0. The van der Waals surface area contributed by atoms with Gasteiger partial charge in [-0.1, -0.05) is 37.7 Å². The van der Waals surface area contributed by atoms with Gasteiger partial charge in [0.1, 0.15) is 6.54 Å². The van der Waals surface area contributed by atoms with Crippen molar-refractivity contribution in [2.45, 2.75) is 31.1 Å². The molecule has 0 bridgehead atoms. The zero-order valence-electron chi connectivity index (χ0n) is 14.7. The van der Waals surface area contributed by atoms with Crippen LogP contribution in [0.4, 0.5) is 18.0 Å². The molecule has 1 aromatic carbocycles. The summed E-state index contributed by atoms with van der Waals surface area (Å²) in [5.41, 5.74) is 2.06.